The van der Waals surface area contributed by atoms with Crippen LogP contribution in [-0.2, 0) is 4.74 Å². The van der Waals surface area contributed by atoms with Gasteiger partial charge in [-0.15, -0.1) is 0 Å². The summed E-state index contributed by atoms with van der Waals surface area (Å²) in [6, 6.07) is 3.88. The molecule has 0 aliphatic heterocycles. The smallest absolute Gasteiger partial charge is 0.339 e. The highest BCUT2D eigenvalue weighted by Gasteiger charge is 2.18. The largest absolute Gasteiger partial charge is 0.465 e. The van der Waals surface area contributed by atoms with Gasteiger partial charge in [0.2, 0.25) is 0 Å². The maximum atomic E-state index is 11.6. The van der Waals surface area contributed by atoms with E-state index in [1.54, 1.807) is 13.0 Å². The van der Waals surface area contributed by atoms with Crippen LogP contribution >= 0.6 is 0 Å². The minimum Gasteiger partial charge on any atom is -0.465 e. The summed E-state index contributed by atoms with van der Waals surface area (Å²) < 4.78 is 4.72. The van der Waals surface area contributed by atoms with Crippen LogP contribution in [-0.4, -0.2) is 42.4 Å². The van der Waals surface area contributed by atoms with E-state index in [4.69, 9.17) is 4.74 Å². The number of anilines is 1. The molecule has 5 nitrogen and oxygen atoms in total. The van der Waals surface area contributed by atoms with Crippen LogP contribution in [0.2, 0.25) is 0 Å². The van der Waals surface area contributed by atoms with Gasteiger partial charge in [-0.1, -0.05) is 13.8 Å². The Morgan fingerprint density at radius 1 is 1.40 bits per heavy atom. The van der Waals surface area contributed by atoms with Gasteiger partial charge in [0.05, 0.1) is 25.0 Å². The normalized spacial score (nSPS) is 10.7. The predicted octanol–water partition coefficient (Wildman–Crippen LogP) is 2.16. The van der Waals surface area contributed by atoms with E-state index in [1.807, 2.05) is 6.07 Å². The molecular formula is C15H24N2O3. The van der Waals surface area contributed by atoms with Crippen molar-refractivity contribution in [1.82, 2.24) is 4.98 Å². The molecule has 1 aromatic heterocycles. The summed E-state index contributed by atoms with van der Waals surface area (Å²) in [5, 5.41) is 9.24. The van der Waals surface area contributed by atoms with Crippen LogP contribution in [0.4, 0.5) is 5.82 Å². The first-order chi connectivity index (χ1) is 9.58. The maximum Gasteiger partial charge on any atom is 0.339 e. The van der Waals surface area contributed by atoms with E-state index in [-0.39, 0.29) is 12.6 Å². The Hall–Kier alpha value is -1.62. The molecule has 5 heteroatoms. The lowest BCUT2D eigenvalue weighted by molar-refractivity contribution is 0.0599. The minimum absolute atomic E-state index is 0.0793. The van der Waals surface area contributed by atoms with E-state index >= 15 is 0 Å². The molecular weight excluding hydrogens is 256 g/mol. The van der Waals surface area contributed by atoms with Crippen molar-refractivity contribution >= 4 is 11.8 Å². The SMILES string of the molecule is CCC(CC)N(CCO)c1ccc(C(=O)OC)c(C)n1. The van der Waals surface area contributed by atoms with E-state index in [9.17, 15) is 9.90 Å². The van der Waals surface area contributed by atoms with Crippen LogP contribution in [0.3, 0.4) is 0 Å². The van der Waals surface area contributed by atoms with Crippen molar-refractivity contribution in [3.8, 4) is 0 Å². The van der Waals surface area contributed by atoms with Crippen molar-refractivity contribution in [3.05, 3.63) is 23.4 Å². The predicted molar refractivity (Wildman–Crippen MR) is 79.1 cm³/mol. The molecule has 0 unspecified atom stereocenters. The summed E-state index contributed by atoms with van der Waals surface area (Å²) in [5.74, 6) is 0.413. The number of esters is 1. The summed E-state index contributed by atoms with van der Waals surface area (Å²) in [6.07, 6.45) is 1.96. The number of hydrogen-bond donors (Lipinski definition) is 1. The number of carbonyl (C=O) groups excluding carboxylic acids is 1. The highest BCUT2D eigenvalue weighted by Crippen LogP contribution is 2.20. The van der Waals surface area contributed by atoms with E-state index in [0.29, 0.717) is 23.8 Å². The number of aliphatic hydroxyl groups excluding tert-OH is 1. The second-order valence-electron chi connectivity index (χ2n) is 4.68. The van der Waals surface area contributed by atoms with Gasteiger partial charge >= 0.3 is 5.97 Å². The van der Waals surface area contributed by atoms with Gasteiger partial charge in [0.15, 0.2) is 0 Å². The number of pyridine rings is 1. The van der Waals surface area contributed by atoms with E-state index in [2.05, 4.69) is 23.7 Å². The first-order valence-electron chi connectivity index (χ1n) is 7.02. The monoisotopic (exact) mass is 280 g/mol. The molecule has 1 aromatic rings. The highest BCUT2D eigenvalue weighted by atomic mass is 16.5. The third-order valence-corrected chi connectivity index (χ3v) is 3.49. The molecule has 0 fully saturated rings. The number of hydrogen-bond acceptors (Lipinski definition) is 5. The zero-order chi connectivity index (χ0) is 15.1. The summed E-state index contributed by atoms with van der Waals surface area (Å²) in [7, 11) is 1.36. The fourth-order valence-corrected chi connectivity index (χ4v) is 2.35. The Morgan fingerprint density at radius 3 is 2.50 bits per heavy atom. The molecule has 0 atom stereocenters. The molecule has 0 aromatic carbocycles. The number of aryl methyl sites for hydroxylation is 1. The molecule has 1 rings (SSSR count). The number of aliphatic hydroxyl groups is 1. The lowest BCUT2D eigenvalue weighted by atomic mass is 10.1. The number of aromatic nitrogens is 1. The lowest BCUT2D eigenvalue weighted by Gasteiger charge is -2.31. The van der Waals surface area contributed by atoms with E-state index < -0.39 is 0 Å². The van der Waals surface area contributed by atoms with Gasteiger partial charge < -0.3 is 14.7 Å². The van der Waals surface area contributed by atoms with Crippen molar-refractivity contribution in [1.29, 1.82) is 0 Å². The molecule has 0 spiro atoms. The number of carbonyl (C=O) groups is 1. The lowest BCUT2D eigenvalue weighted by Crippen LogP contribution is -2.37. The molecule has 1 heterocycles. The summed E-state index contributed by atoms with van der Waals surface area (Å²) >= 11 is 0. The standard InChI is InChI=1S/C15H24N2O3/c1-5-12(6-2)17(9-10-18)14-8-7-13(11(3)16-14)15(19)20-4/h7-8,12,18H,5-6,9-10H2,1-4H3. The Bertz CT molecular complexity index is 445. The minimum atomic E-state index is -0.377. The van der Waals surface area contributed by atoms with Crippen LogP contribution in [0.1, 0.15) is 42.7 Å². The van der Waals surface area contributed by atoms with Crippen LogP contribution in [0.5, 0.6) is 0 Å². The molecule has 0 radical (unpaired) electrons. The van der Waals surface area contributed by atoms with Crippen LogP contribution in [0.15, 0.2) is 12.1 Å². The number of ether oxygens (including phenoxy) is 1. The molecule has 0 amide bonds. The molecule has 112 valence electrons. The average molecular weight is 280 g/mol. The third-order valence-electron chi connectivity index (χ3n) is 3.49. The zero-order valence-corrected chi connectivity index (χ0v) is 12.7. The van der Waals surface area contributed by atoms with Gasteiger partial charge in [-0.3, -0.25) is 0 Å². The quantitative estimate of drug-likeness (QED) is 0.775. The fraction of sp³-hybridized carbons (Fsp3) is 0.600. The topological polar surface area (TPSA) is 62.7 Å². The van der Waals surface area contributed by atoms with Crippen molar-refractivity contribution in [2.24, 2.45) is 0 Å². The fourth-order valence-electron chi connectivity index (χ4n) is 2.35. The average Bonchev–Trinajstić information content (AvgIpc) is 2.46. The molecule has 0 bridgehead atoms. The Morgan fingerprint density at radius 2 is 2.05 bits per heavy atom. The zero-order valence-electron chi connectivity index (χ0n) is 12.7. The third kappa shape index (κ3) is 3.70. The van der Waals surface area contributed by atoms with Gasteiger partial charge in [0.1, 0.15) is 5.82 Å². The number of nitrogens with zero attached hydrogens (tertiary/aromatic N) is 2. The Kier molecular flexibility index (Phi) is 6.45. The molecule has 20 heavy (non-hydrogen) atoms. The Balaban J connectivity index is 3.09. The van der Waals surface area contributed by atoms with E-state index in [1.165, 1.54) is 7.11 Å². The first-order valence-corrected chi connectivity index (χ1v) is 7.02. The number of rotatable bonds is 7. The highest BCUT2D eigenvalue weighted by molar-refractivity contribution is 5.90. The van der Waals surface area contributed by atoms with Gasteiger partial charge in [0, 0.05) is 12.6 Å². The van der Waals surface area contributed by atoms with Crippen molar-refractivity contribution in [3.63, 3.8) is 0 Å². The second-order valence-corrected chi connectivity index (χ2v) is 4.68. The summed E-state index contributed by atoms with van der Waals surface area (Å²) in [4.78, 5) is 18.2. The first kappa shape index (κ1) is 16.4. The van der Waals surface area contributed by atoms with Gasteiger partial charge in [0.25, 0.3) is 0 Å². The van der Waals surface area contributed by atoms with Crippen molar-refractivity contribution in [2.75, 3.05) is 25.2 Å². The Labute approximate surface area is 120 Å². The molecule has 0 aliphatic rings. The second kappa shape index (κ2) is 7.85. The van der Waals surface area contributed by atoms with Gasteiger partial charge in [-0.2, -0.15) is 0 Å². The maximum absolute atomic E-state index is 11.6. The molecule has 0 aliphatic carbocycles. The molecule has 0 saturated carbocycles. The number of methoxy groups -OCH3 is 1. The van der Waals surface area contributed by atoms with Gasteiger partial charge in [-0.25, -0.2) is 9.78 Å². The van der Waals surface area contributed by atoms with Crippen molar-refractivity contribution < 1.29 is 14.6 Å². The summed E-state index contributed by atoms with van der Waals surface area (Å²) in [5.41, 5.74) is 1.12. The van der Waals surface area contributed by atoms with Crippen LogP contribution < -0.4 is 4.90 Å². The van der Waals surface area contributed by atoms with Crippen molar-refractivity contribution in [2.45, 2.75) is 39.7 Å². The summed E-state index contributed by atoms with van der Waals surface area (Å²) in [6.45, 7) is 6.65. The molecule has 0 saturated heterocycles. The van der Waals surface area contributed by atoms with Gasteiger partial charge in [-0.05, 0) is 31.9 Å². The molecule has 1 N–H and O–H groups in total. The van der Waals surface area contributed by atoms with Crippen LogP contribution in [0, 0.1) is 6.92 Å². The van der Waals surface area contributed by atoms with Crippen LogP contribution in [0.25, 0.3) is 0 Å². The van der Waals surface area contributed by atoms with E-state index in [0.717, 1.165) is 18.7 Å².